The van der Waals surface area contributed by atoms with Crippen LogP contribution in [0.2, 0.25) is 0 Å². The van der Waals surface area contributed by atoms with Gasteiger partial charge in [0.25, 0.3) is 17.7 Å². The Bertz CT molecular complexity index is 795. The average Bonchev–Trinajstić information content (AvgIpc) is 3.16. The number of fused-ring (bicyclic) bond motifs is 2. The number of likely N-dealkylation sites (tertiary alicyclic amines) is 1. The maximum absolute atomic E-state index is 12.9. The van der Waals surface area contributed by atoms with E-state index in [1.165, 1.54) is 4.90 Å². The van der Waals surface area contributed by atoms with E-state index < -0.39 is 0 Å². The molecule has 0 saturated carbocycles. The van der Waals surface area contributed by atoms with Gasteiger partial charge in [0, 0.05) is 25.2 Å². The third-order valence-corrected chi connectivity index (χ3v) is 5.67. The third kappa shape index (κ3) is 2.75. The Morgan fingerprint density at radius 3 is 2.27 bits per heavy atom. The molecule has 0 N–H and O–H groups in total. The van der Waals surface area contributed by atoms with Gasteiger partial charge in [-0.2, -0.15) is 0 Å². The third-order valence-electron chi connectivity index (χ3n) is 5.67. The van der Waals surface area contributed by atoms with Crippen molar-refractivity contribution in [2.24, 2.45) is 17.8 Å². The molecular weight excluding hydrogens is 328 g/mol. The van der Waals surface area contributed by atoms with Crippen molar-refractivity contribution in [2.45, 2.75) is 26.7 Å². The lowest BCUT2D eigenvalue weighted by atomic mass is 9.86. The molecule has 0 aromatic heterocycles. The minimum absolute atomic E-state index is 0.0373. The number of imide groups is 1. The number of rotatable bonds is 3. The average molecular weight is 352 g/mol. The minimum atomic E-state index is -0.285. The molecule has 2 heterocycles. The van der Waals surface area contributed by atoms with Crippen LogP contribution in [0, 0.1) is 17.8 Å². The monoisotopic (exact) mass is 352 g/mol. The SMILES string of the molecule is CC(C)CN1C(=O)c2ccc(C(=O)N3CC4CC=CCC4C3)cc2C1=O. The molecule has 0 radical (unpaired) electrons. The molecule has 2 aliphatic heterocycles. The van der Waals surface area contributed by atoms with Crippen LogP contribution in [0.1, 0.15) is 57.8 Å². The second kappa shape index (κ2) is 6.38. The van der Waals surface area contributed by atoms with Crippen molar-refractivity contribution >= 4 is 17.7 Å². The van der Waals surface area contributed by atoms with Crippen LogP contribution in [0.25, 0.3) is 0 Å². The molecule has 2 unspecified atom stereocenters. The van der Waals surface area contributed by atoms with Gasteiger partial charge in [0.2, 0.25) is 0 Å². The fraction of sp³-hybridized carbons (Fsp3) is 0.476. The maximum Gasteiger partial charge on any atom is 0.261 e. The predicted octanol–water partition coefficient (Wildman–Crippen LogP) is 2.98. The number of amides is 3. The van der Waals surface area contributed by atoms with Crippen molar-refractivity contribution in [3.05, 3.63) is 47.0 Å². The minimum Gasteiger partial charge on any atom is -0.338 e. The summed E-state index contributed by atoms with van der Waals surface area (Å²) < 4.78 is 0. The molecule has 3 amide bonds. The molecule has 0 spiro atoms. The Morgan fingerprint density at radius 1 is 1.04 bits per heavy atom. The molecule has 1 aliphatic carbocycles. The molecule has 1 fully saturated rings. The van der Waals surface area contributed by atoms with Crippen LogP contribution in [0.15, 0.2) is 30.4 Å². The van der Waals surface area contributed by atoms with E-state index in [2.05, 4.69) is 12.2 Å². The Labute approximate surface area is 153 Å². The number of hydrogen-bond donors (Lipinski definition) is 0. The molecule has 5 nitrogen and oxygen atoms in total. The van der Waals surface area contributed by atoms with Crippen LogP contribution >= 0.6 is 0 Å². The number of nitrogens with zero attached hydrogens (tertiary/aromatic N) is 2. The summed E-state index contributed by atoms with van der Waals surface area (Å²) in [6.07, 6.45) is 6.49. The second-order valence-corrected chi connectivity index (χ2v) is 8.05. The molecule has 1 aromatic rings. The summed E-state index contributed by atoms with van der Waals surface area (Å²) in [5.74, 6) is 0.722. The van der Waals surface area contributed by atoms with Crippen LogP contribution in [0.5, 0.6) is 0 Å². The fourth-order valence-corrected chi connectivity index (χ4v) is 4.32. The molecule has 136 valence electrons. The number of carbonyl (C=O) groups excluding carboxylic acids is 3. The van der Waals surface area contributed by atoms with E-state index in [9.17, 15) is 14.4 Å². The van der Waals surface area contributed by atoms with Gasteiger partial charge in [-0.3, -0.25) is 19.3 Å². The summed E-state index contributed by atoms with van der Waals surface area (Å²) in [6, 6.07) is 4.93. The number of carbonyl (C=O) groups is 3. The topological polar surface area (TPSA) is 57.7 Å². The lowest BCUT2D eigenvalue weighted by Crippen LogP contribution is -2.33. The van der Waals surface area contributed by atoms with Crippen molar-refractivity contribution in [3.63, 3.8) is 0 Å². The van der Waals surface area contributed by atoms with Crippen LogP contribution in [0.3, 0.4) is 0 Å². The smallest absolute Gasteiger partial charge is 0.261 e. The highest BCUT2D eigenvalue weighted by atomic mass is 16.2. The Balaban J connectivity index is 1.55. The van der Waals surface area contributed by atoms with Crippen LogP contribution in [0.4, 0.5) is 0 Å². The van der Waals surface area contributed by atoms with Crippen molar-refractivity contribution in [3.8, 4) is 0 Å². The zero-order valence-electron chi connectivity index (χ0n) is 15.3. The first-order valence-corrected chi connectivity index (χ1v) is 9.40. The van der Waals surface area contributed by atoms with Crippen molar-refractivity contribution in [2.75, 3.05) is 19.6 Å². The summed E-state index contributed by atoms with van der Waals surface area (Å²) in [5.41, 5.74) is 1.27. The van der Waals surface area contributed by atoms with Gasteiger partial charge in [0.15, 0.2) is 0 Å². The summed E-state index contributed by atoms with van der Waals surface area (Å²) in [4.78, 5) is 41.2. The highest BCUT2D eigenvalue weighted by Gasteiger charge is 2.38. The largest absolute Gasteiger partial charge is 0.338 e. The summed E-state index contributed by atoms with van der Waals surface area (Å²) in [6.45, 7) is 5.90. The van der Waals surface area contributed by atoms with E-state index in [-0.39, 0.29) is 23.6 Å². The molecule has 1 aromatic carbocycles. The Kier molecular flexibility index (Phi) is 4.17. The normalized spacial score (nSPS) is 24.4. The molecule has 26 heavy (non-hydrogen) atoms. The standard InChI is InChI=1S/C21H24N2O3/c1-13(2)10-23-20(25)17-8-7-14(9-18(17)21(23)26)19(24)22-11-15-5-3-4-6-16(15)12-22/h3-4,7-9,13,15-16H,5-6,10-12H2,1-2H3. The molecule has 5 heteroatoms. The highest BCUT2D eigenvalue weighted by molar-refractivity contribution is 6.22. The summed E-state index contributed by atoms with van der Waals surface area (Å²) in [7, 11) is 0. The van der Waals surface area contributed by atoms with Gasteiger partial charge in [0.05, 0.1) is 11.1 Å². The van der Waals surface area contributed by atoms with Gasteiger partial charge >= 0.3 is 0 Å². The Hall–Kier alpha value is -2.43. The van der Waals surface area contributed by atoms with Crippen molar-refractivity contribution in [1.82, 2.24) is 9.80 Å². The van der Waals surface area contributed by atoms with Gasteiger partial charge < -0.3 is 4.90 Å². The Morgan fingerprint density at radius 2 is 1.65 bits per heavy atom. The lowest BCUT2D eigenvalue weighted by Gasteiger charge is -2.17. The predicted molar refractivity (Wildman–Crippen MR) is 97.9 cm³/mol. The van der Waals surface area contributed by atoms with E-state index in [0.717, 1.165) is 25.9 Å². The fourth-order valence-electron chi connectivity index (χ4n) is 4.32. The van der Waals surface area contributed by atoms with E-state index in [1.807, 2.05) is 18.7 Å². The van der Waals surface area contributed by atoms with Crippen molar-refractivity contribution < 1.29 is 14.4 Å². The molecule has 1 saturated heterocycles. The highest BCUT2D eigenvalue weighted by Crippen LogP contribution is 2.34. The number of benzene rings is 1. The quantitative estimate of drug-likeness (QED) is 0.621. The summed E-state index contributed by atoms with van der Waals surface area (Å²) in [5, 5.41) is 0. The van der Waals surface area contributed by atoms with Crippen LogP contribution in [-0.4, -0.2) is 47.2 Å². The van der Waals surface area contributed by atoms with Gasteiger partial charge in [0.1, 0.15) is 0 Å². The first kappa shape index (κ1) is 17.0. The van der Waals surface area contributed by atoms with E-state index in [4.69, 9.17) is 0 Å². The molecular formula is C21H24N2O3. The zero-order chi connectivity index (χ0) is 18.4. The van der Waals surface area contributed by atoms with Gasteiger partial charge in [-0.15, -0.1) is 0 Å². The first-order chi connectivity index (χ1) is 12.5. The van der Waals surface area contributed by atoms with Gasteiger partial charge in [-0.05, 0) is 48.8 Å². The summed E-state index contributed by atoms with van der Waals surface area (Å²) >= 11 is 0. The van der Waals surface area contributed by atoms with Crippen LogP contribution < -0.4 is 0 Å². The molecule has 4 rings (SSSR count). The molecule has 2 atom stereocenters. The molecule has 0 bridgehead atoms. The van der Waals surface area contributed by atoms with Gasteiger partial charge in [-0.1, -0.05) is 26.0 Å². The van der Waals surface area contributed by atoms with E-state index in [0.29, 0.717) is 35.1 Å². The lowest BCUT2D eigenvalue weighted by molar-refractivity contribution is 0.0636. The number of allylic oxidation sites excluding steroid dienone is 2. The number of hydrogen-bond acceptors (Lipinski definition) is 3. The zero-order valence-corrected chi connectivity index (χ0v) is 15.3. The second-order valence-electron chi connectivity index (χ2n) is 8.05. The van der Waals surface area contributed by atoms with Crippen molar-refractivity contribution in [1.29, 1.82) is 0 Å². The van der Waals surface area contributed by atoms with E-state index in [1.54, 1.807) is 18.2 Å². The first-order valence-electron chi connectivity index (χ1n) is 9.40. The van der Waals surface area contributed by atoms with E-state index >= 15 is 0 Å². The molecule has 3 aliphatic rings. The maximum atomic E-state index is 12.9. The van der Waals surface area contributed by atoms with Crippen LogP contribution in [-0.2, 0) is 0 Å². The van der Waals surface area contributed by atoms with Gasteiger partial charge in [-0.25, -0.2) is 0 Å².